The molecule has 0 aliphatic rings. The average molecular weight is 194 g/mol. The van der Waals surface area contributed by atoms with Crippen LogP contribution in [0.15, 0.2) is 18.2 Å². The zero-order valence-electron chi connectivity index (χ0n) is 8.79. The molecule has 0 radical (unpaired) electrons. The van der Waals surface area contributed by atoms with E-state index in [4.69, 9.17) is 16.2 Å². The number of hydrogen-bond donors (Lipinski definition) is 2. The van der Waals surface area contributed by atoms with E-state index < -0.39 is 0 Å². The van der Waals surface area contributed by atoms with Crippen molar-refractivity contribution in [2.45, 2.75) is 25.8 Å². The van der Waals surface area contributed by atoms with Gasteiger partial charge in [-0.15, -0.1) is 0 Å². The maximum atomic E-state index is 6.02. The molecule has 14 heavy (non-hydrogen) atoms. The van der Waals surface area contributed by atoms with Crippen LogP contribution in [-0.4, -0.2) is 7.11 Å². The molecule has 1 aromatic rings. The summed E-state index contributed by atoms with van der Waals surface area (Å²) in [5.41, 5.74) is 13.4. The fraction of sp³-hybridized carbons (Fsp3) is 0.455. The largest absolute Gasteiger partial charge is 0.496 e. The number of ether oxygens (including phenoxy) is 1. The molecule has 0 saturated carbocycles. The minimum Gasteiger partial charge on any atom is -0.496 e. The van der Waals surface area contributed by atoms with Gasteiger partial charge in [0.25, 0.3) is 0 Å². The number of hydrogen-bond acceptors (Lipinski definition) is 3. The second-order valence-corrected chi connectivity index (χ2v) is 3.40. The van der Waals surface area contributed by atoms with Crippen molar-refractivity contribution >= 4 is 5.69 Å². The highest BCUT2D eigenvalue weighted by molar-refractivity contribution is 5.49. The highest BCUT2D eigenvalue weighted by Crippen LogP contribution is 2.28. The second kappa shape index (κ2) is 4.86. The first kappa shape index (κ1) is 10.9. The van der Waals surface area contributed by atoms with Crippen LogP contribution in [0.2, 0.25) is 0 Å². The number of methoxy groups -OCH3 is 1. The highest BCUT2D eigenvalue weighted by atomic mass is 16.5. The SMILES string of the molecule is CCCC(N)c1cc(N)ccc1OC. The summed E-state index contributed by atoms with van der Waals surface area (Å²) in [7, 11) is 1.65. The molecule has 0 aliphatic heterocycles. The zero-order chi connectivity index (χ0) is 10.6. The van der Waals surface area contributed by atoms with Gasteiger partial charge in [0.15, 0.2) is 0 Å². The molecule has 78 valence electrons. The van der Waals surface area contributed by atoms with Crippen LogP contribution >= 0.6 is 0 Å². The van der Waals surface area contributed by atoms with E-state index in [-0.39, 0.29) is 6.04 Å². The molecule has 0 bridgehead atoms. The Hall–Kier alpha value is -1.22. The second-order valence-electron chi connectivity index (χ2n) is 3.40. The van der Waals surface area contributed by atoms with Crippen molar-refractivity contribution in [1.29, 1.82) is 0 Å². The molecule has 0 spiro atoms. The van der Waals surface area contributed by atoms with Crippen molar-refractivity contribution in [3.63, 3.8) is 0 Å². The quantitative estimate of drug-likeness (QED) is 0.721. The third-order valence-corrected chi connectivity index (χ3v) is 2.25. The van der Waals surface area contributed by atoms with E-state index in [2.05, 4.69) is 6.92 Å². The van der Waals surface area contributed by atoms with E-state index in [0.717, 1.165) is 29.8 Å². The van der Waals surface area contributed by atoms with E-state index in [1.807, 2.05) is 18.2 Å². The van der Waals surface area contributed by atoms with Gasteiger partial charge in [0.1, 0.15) is 5.75 Å². The van der Waals surface area contributed by atoms with Crippen LogP contribution in [0, 0.1) is 0 Å². The van der Waals surface area contributed by atoms with Gasteiger partial charge in [0.2, 0.25) is 0 Å². The molecule has 0 aromatic heterocycles. The van der Waals surface area contributed by atoms with Gasteiger partial charge in [-0.05, 0) is 24.6 Å². The standard InChI is InChI=1S/C11H18N2O/c1-3-4-10(13)9-7-8(12)5-6-11(9)14-2/h5-7,10H,3-4,12-13H2,1-2H3. The molecular weight excluding hydrogens is 176 g/mol. The molecular formula is C11H18N2O. The summed E-state index contributed by atoms with van der Waals surface area (Å²) >= 11 is 0. The van der Waals surface area contributed by atoms with Crippen LogP contribution in [0.5, 0.6) is 5.75 Å². The minimum absolute atomic E-state index is 0.0125. The first-order valence-electron chi connectivity index (χ1n) is 4.88. The van der Waals surface area contributed by atoms with Crippen LogP contribution in [0.1, 0.15) is 31.4 Å². The van der Waals surface area contributed by atoms with E-state index in [9.17, 15) is 0 Å². The Balaban J connectivity index is 2.97. The Bertz CT molecular complexity index is 299. The molecule has 0 amide bonds. The molecule has 1 atom stereocenters. The molecule has 1 aromatic carbocycles. The summed E-state index contributed by atoms with van der Waals surface area (Å²) in [4.78, 5) is 0. The van der Waals surface area contributed by atoms with Crippen LogP contribution in [0.25, 0.3) is 0 Å². The third-order valence-electron chi connectivity index (χ3n) is 2.25. The van der Waals surface area contributed by atoms with E-state index in [1.165, 1.54) is 0 Å². The Kier molecular flexibility index (Phi) is 3.77. The number of nitrogens with two attached hydrogens (primary N) is 2. The summed E-state index contributed by atoms with van der Waals surface area (Å²) in [6.45, 7) is 2.11. The van der Waals surface area contributed by atoms with Crippen molar-refractivity contribution in [1.82, 2.24) is 0 Å². The minimum atomic E-state index is 0.0125. The van der Waals surface area contributed by atoms with Gasteiger partial charge in [-0.25, -0.2) is 0 Å². The Labute approximate surface area is 85.0 Å². The smallest absolute Gasteiger partial charge is 0.123 e. The van der Waals surface area contributed by atoms with Crippen molar-refractivity contribution in [3.8, 4) is 5.75 Å². The van der Waals surface area contributed by atoms with Crippen LogP contribution in [0.4, 0.5) is 5.69 Å². The predicted molar refractivity (Wildman–Crippen MR) is 59.2 cm³/mol. The van der Waals surface area contributed by atoms with Crippen LogP contribution in [0.3, 0.4) is 0 Å². The van der Waals surface area contributed by atoms with Crippen LogP contribution < -0.4 is 16.2 Å². The maximum Gasteiger partial charge on any atom is 0.123 e. The normalized spacial score (nSPS) is 12.5. The third kappa shape index (κ3) is 2.39. The lowest BCUT2D eigenvalue weighted by Crippen LogP contribution is -2.11. The average Bonchev–Trinajstić information content (AvgIpc) is 2.18. The molecule has 0 heterocycles. The fourth-order valence-electron chi connectivity index (χ4n) is 1.51. The van der Waals surface area contributed by atoms with Gasteiger partial charge in [-0.3, -0.25) is 0 Å². The van der Waals surface area contributed by atoms with Crippen molar-refractivity contribution in [2.24, 2.45) is 5.73 Å². The Morgan fingerprint density at radius 2 is 2.14 bits per heavy atom. The van der Waals surface area contributed by atoms with Gasteiger partial charge in [-0.2, -0.15) is 0 Å². The van der Waals surface area contributed by atoms with Gasteiger partial charge >= 0.3 is 0 Å². The van der Waals surface area contributed by atoms with Crippen molar-refractivity contribution in [2.75, 3.05) is 12.8 Å². The van der Waals surface area contributed by atoms with Crippen molar-refractivity contribution < 1.29 is 4.74 Å². The summed E-state index contributed by atoms with van der Waals surface area (Å²) in [5.74, 6) is 0.820. The van der Waals surface area contributed by atoms with E-state index in [0.29, 0.717) is 0 Å². The van der Waals surface area contributed by atoms with Gasteiger partial charge in [0.05, 0.1) is 7.11 Å². The monoisotopic (exact) mass is 194 g/mol. The van der Waals surface area contributed by atoms with Gasteiger partial charge in [0, 0.05) is 17.3 Å². The predicted octanol–water partition coefficient (Wildman–Crippen LogP) is 2.08. The number of benzene rings is 1. The molecule has 3 nitrogen and oxygen atoms in total. The first-order chi connectivity index (χ1) is 6.69. The number of nitrogen functional groups attached to an aromatic ring is 1. The Morgan fingerprint density at radius 3 is 2.71 bits per heavy atom. The molecule has 3 heteroatoms. The van der Waals surface area contributed by atoms with Gasteiger partial charge in [-0.1, -0.05) is 13.3 Å². The summed E-state index contributed by atoms with van der Waals surface area (Å²) in [5, 5.41) is 0. The lowest BCUT2D eigenvalue weighted by molar-refractivity contribution is 0.404. The first-order valence-corrected chi connectivity index (χ1v) is 4.88. The molecule has 4 N–H and O–H groups in total. The molecule has 1 rings (SSSR count). The molecule has 0 fully saturated rings. The maximum absolute atomic E-state index is 6.02. The van der Waals surface area contributed by atoms with Crippen molar-refractivity contribution in [3.05, 3.63) is 23.8 Å². The van der Waals surface area contributed by atoms with Crippen LogP contribution in [-0.2, 0) is 0 Å². The lowest BCUT2D eigenvalue weighted by Gasteiger charge is -2.15. The fourth-order valence-corrected chi connectivity index (χ4v) is 1.51. The zero-order valence-corrected chi connectivity index (χ0v) is 8.79. The molecule has 0 saturated heterocycles. The Morgan fingerprint density at radius 1 is 1.43 bits per heavy atom. The lowest BCUT2D eigenvalue weighted by atomic mass is 10.0. The van der Waals surface area contributed by atoms with E-state index in [1.54, 1.807) is 7.11 Å². The van der Waals surface area contributed by atoms with E-state index >= 15 is 0 Å². The van der Waals surface area contributed by atoms with Gasteiger partial charge < -0.3 is 16.2 Å². The summed E-state index contributed by atoms with van der Waals surface area (Å²) in [6.07, 6.45) is 2.00. The number of rotatable bonds is 4. The topological polar surface area (TPSA) is 61.3 Å². The summed E-state index contributed by atoms with van der Waals surface area (Å²) < 4.78 is 5.23. The molecule has 0 aliphatic carbocycles. The molecule has 1 unspecified atom stereocenters. The summed E-state index contributed by atoms with van der Waals surface area (Å²) in [6, 6.07) is 5.58. The number of anilines is 1. The highest BCUT2D eigenvalue weighted by Gasteiger charge is 2.10.